The van der Waals surface area contributed by atoms with Crippen LogP contribution in [0.4, 0.5) is 4.39 Å². The van der Waals surface area contributed by atoms with Crippen molar-refractivity contribution in [3.63, 3.8) is 0 Å². The Morgan fingerprint density at radius 2 is 1.71 bits per heavy atom. The molecule has 3 aromatic carbocycles. The van der Waals surface area contributed by atoms with E-state index in [1.54, 1.807) is 22.5 Å². The predicted octanol–water partition coefficient (Wildman–Crippen LogP) is 5.16. The summed E-state index contributed by atoms with van der Waals surface area (Å²) in [6.45, 7) is 0. The van der Waals surface area contributed by atoms with Crippen LogP contribution < -0.4 is 5.32 Å². The SMILES string of the molecule is O=C(Cc1ccc(F)cc1)N[C@@H]1C(=O)N2C(C(=S)OC(c3ccccc3)c3ccccc3)=C(c3nncs3)CS[C@H]12. The van der Waals surface area contributed by atoms with Gasteiger partial charge in [0.1, 0.15) is 39.6 Å². The van der Waals surface area contributed by atoms with E-state index in [-0.39, 0.29) is 34.5 Å². The van der Waals surface area contributed by atoms with Crippen LogP contribution in [0, 0.1) is 5.82 Å². The molecular formula is C30H23FN4O3S3. The summed E-state index contributed by atoms with van der Waals surface area (Å²) in [5, 5.41) is 11.5. The van der Waals surface area contributed by atoms with Gasteiger partial charge in [-0.2, -0.15) is 0 Å². The number of ether oxygens (including phenoxy) is 1. The van der Waals surface area contributed by atoms with E-state index in [1.165, 1.54) is 35.2 Å². The van der Waals surface area contributed by atoms with Crippen LogP contribution >= 0.6 is 35.3 Å². The first-order chi connectivity index (χ1) is 20.0. The molecule has 1 N–H and O–H groups in total. The maximum atomic E-state index is 13.6. The van der Waals surface area contributed by atoms with Crippen molar-refractivity contribution in [2.75, 3.05) is 5.75 Å². The standard InChI is InChI=1S/C30H23FN4O3S3/c31-21-13-11-18(12-14-21)15-23(36)33-24-28(37)35-25(22(16-40-29(24)35)27-34-32-17-41-27)30(39)38-26(19-7-3-1-4-8-19)20-9-5-2-6-10-20/h1-14,17,24,26,29H,15-16H2,(H,33,36)/t24-,29-/m1/s1. The molecule has 11 heteroatoms. The van der Waals surface area contributed by atoms with Crippen molar-refractivity contribution in [1.29, 1.82) is 0 Å². The molecule has 2 amide bonds. The van der Waals surface area contributed by atoms with Gasteiger partial charge in [0.25, 0.3) is 5.91 Å². The number of hydrogen-bond donors (Lipinski definition) is 1. The fourth-order valence-electron chi connectivity index (χ4n) is 4.84. The normalized spacial score (nSPS) is 18.1. The van der Waals surface area contributed by atoms with Crippen molar-refractivity contribution in [2.45, 2.75) is 23.9 Å². The van der Waals surface area contributed by atoms with Crippen LogP contribution in [-0.2, 0) is 20.7 Å². The first-order valence-corrected chi connectivity index (χ1v) is 15.1. The maximum absolute atomic E-state index is 13.6. The number of carbonyl (C=O) groups excluding carboxylic acids is 2. The van der Waals surface area contributed by atoms with Crippen LogP contribution in [0.25, 0.3) is 5.57 Å². The minimum Gasteiger partial charge on any atom is -0.469 e. The van der Waals surface area contributed by atoms with Gasteiger partial charge in [0.05, 0.1) is 6.42 Å². The van der Waals surface area contributed by atoms with E-state index in [4.69, 9.17) is 17.0 Å². The number of thioether (sulfide) groups is 1. The zero-order chi connectivity index (χ0) is 28.3. The quantitative estimate of drug-likeness (QED) is 0.220. The van der Waals surface area contributed by atoms with Gasteiger partial charge in [0.2, 0.25) is 11.0 Å². The van der Waals surface area contributed by atoms with E-state index in [0.717, 1.165) is 16.7 Å². The molecule has 0 saturated carbocycles. The second kappa shape index (κ2) is 11.9. The van der Waals surface area contributed by atoms with Crippen LogP contribution in [0.5, 0.6) is 0 Å². The maximum Gasteiger partial charge on any atom is 0.253 e. The molecule has 3 heterocycles. The highest BCUT2D eigenvalue weighted by molar-refractivity contribution is 8.00. The van der Waals surface area contributed by atoms with E-state index in [2.05, 4.69) is 15.5 Å². The molecule has 1 fully saturated rings. The van der Waals surface area contributed by atoms with Crippen LogP contribution in [-0.4, -0.2) is 49.1 Å². The number of thiocarbonyl (C=S) groups is 1. The summed E-state index contributed by atoms with van der Waals surface area (Å²) in [4.78, 5) is 27.9. The molecule has 41 heavy (non-hydrogen) atoms. The van der Waals surface area contributed by atoms with Gasteiger partial charge in [-0.25, -0.2) is 4.39 Å². The number of fused-ring (bicyclic) bond motifs is 1. The first kappa shape index (κ1) is 27.3. The molecule has 0 unspecified atom stereocenters. The summed E-state index contributed by atoms with van der Waals surface area (Å²) in [6.07, 6.45) is -0.457. The Morgan fingerprint density at radius 3 is 2.32 bits per heavy atom. The Balaban J connectivity index is 1.27. The fraction of sp³-hybridized carbons (Fsp3) is 0.167. The largest absolute Gasteiger partial charge is 0.469 e. The molecule has 1 saturated heterocycles. The third-order valence-corrected chi connectivity index (χ3v) is 9.12. The average Bonchev–Trinajstić information content (AvgIpc) is 3.55. The lowest BCUT2D eigenvalue weighted by molar-refractivity contribution is -0.145. The minimum absolute atomic E-state index is 0.0392. The third kappa shape index (κ3) is 5.65. The zero-order valence-electron chi connectivity index (χ0n) is 21.5. The van der Waals surface area contributed by atoms with Gasteiger partial charge in [-0.3, -0.25) is 14.5 Å². The molecule has 0 radical (unpaired) electrons. The molecule has 6 rings (SSSR count). The molecule has 206 valence electrons. The molecule has 7 nitrogen and oxygen atoms in total. The van der Waals surface area contributed by atoms with E-state index in [9.17, 15) is 14.0 Å². The molecular weight excluding hydrogens is 580 g/mol. The van der Waals surface area contributed by atoms with E-state index >= 15 is 0 Å². The number of amides is 2. The number of aromatic nitrogens is 2. The minimum atomic E-state index is -0.722. The molecule has 2 aliphatic rings. The van der Waals surface area contributed by atoms with Crippen molar-refractivity contribution < 1.29 is 18.7 Å². The second-order valence-electron chi connectivity index (χ2n) is 9.44. The lowest BCUT2D eigenvalue weighted by Crippen LogP contribution is -2.70. The van der Waals surface area contributed by atoms with Crippen LogP contribution in [0.1, 0.15) is 27.8 Å². The summed E-state index contributed by atoms with van der Waals surface area (Å²) in [5.41, 5.74) is 5.37. The smallest absolute Gasteiger partial charge is 0.253 e. The average molecular weight is 603 g/mol. The summed E-state index contributed by atoms with van der Waals surface area (Å²) < 4.78 is 19.8. The molecule has 0 bridgehead atoms. The second-order valence-corrected chi connectivity index (χ2v) is 11.7. The number of carbonyl (C=O) groups is 2. The molecule has 4 aromatic rings. The monoisotopic (exact) mass is 602 g/mol. The summed E-state index contributed by atoms with van der Waals surface area (Å²) in [6, 6.07) is 24.5. The highest BCUT2D eigenvalue weighted by atomic mass is 32.2. The van der Waals surface area contributed by atoms with Crippen LogP contribution in [0.15, 0.2) is 96.1 Å². The Labute approximate surface area is 249 Å². The van der Waals surface area contributed by atoms with Crippen molar-refractivity contribution in [2.24, 2.45) is 0 Å². The van der Waals surface area contributed by atoms with Crippen molar-refractivity contribution in [1.82, 2.24) is 20.4 Å². The predicted molar refractivity (Wildman–Crippen MR) is 160 cm³/mol. The highest BCUT2D eigenvalue weighted by Gasteiger charge is 2.54. The number of β-lactam (4-membered cyclic amide) rings is 1. The van der Waals surface area contributed by atoms with Crippen molar-refractivity contribution in [3.8, 4) is 0 Å². The summed E-state index contributed by atoms with van der Waals surface area (Å²) in [7, 11) is 0. The topological polar surface area (TPSA) is 84.4 Å². The van der Waals surface area contributed by atoms with Gasteiger partial charge in [-0.1, -0.05) is 72.8 Å². The molecule has 0 spiro atoms. The van der Waals surface area contributed by atoms with Gasteiger partial charge in [-0.15, -0.1) is 33.3 Å². The van der Waals surface area contributed by atoms with Gasteiger partial charge in [0, 0.05) is 11.3 Å². The van der Waals surface area contributed by atoms with Gasteiger partial charge in [-0.05, 0) is 41.0 Å². The highest BCUT2D eigenvalue weighted by Crippen LogP contribution is 2.45. The number of benzene rings is 3. The lowest BCUT2D eigenvalue weighted by atomic mass is 10.0. The van der Waals surface area contributed by atoms with Crippen LogP contribution in [0.3, 0.4) is 0 Å². The Bertz CT molecular complexity index is 1560. The number of halogens is 1. The first-order valence-electron chi connectivity index (χ1n) is 12.8. The third-order valence-electron chi connectivity index (χ3n) is 6.80. The number of nitrogens with zero attached hydrogens (tertiary/aromatic N) is 3. The van der Waals surface area contributed by atoms with E-state index < -0.39 is 12.1 Å². The molecule has 0 aliphatic carbocycles. The van der Waals surface area contributed by atoms with Gasteiger partial charge in [0.15, 0.2) is 0 Å². The number of nitrogens with one attached hydrogen (secondary N) is 1. The summed E-state index contributed by atoms with van der Waals surface area (Å²) in [5.74, 6) is -0.465. The molecule has 1 aromatic heterocycles. The number of hydrogen-bond acceptors (Lipinski definition) is 8. The zero-order valence-corrected chi connectivity index (χ0v) is 23.9. The van der Waals surface area contributed by atoms with E-state index in [0.29, 0.717) is 22.0 Å². The van der Waals surface area contributed by atoms with Crippen molar-refractivity contribution in [3.05, 3.63) is 124 Å². The fourth-order valence-corrected chi connectivity index (χ4v) is 7.19. The Hall–Kier alpha value is -3.93. The lowest BCUT2D eigenvalue weighted by Gasteiger charge is -2.50. The summed E-state index contributed by atoms with van der Waals surface area (Å²) >= 11 is 8.78. The van der Waals surface area contributed by atoms with Crippen molar-refractivity contribution >= 4 is 57.8 Å². The van der Waals surface area contributed by atoms with Crippen LogP contribution in [0.2, 0.25) is 0 Å². The number of rotatable bonds is 8. The molecule has 2 aliphatic heterocycles. The van der Waals surface area contributed by atoms with Gasteiger partial charge >= 0.3 is 0 Å². The Kier molecular flexibility index (Phi) is 7.91. The molecule has 2 atom stereocenters. The Morgan fingerprint density at radius 1 is 1.05 bits per heavy atom. The van der Waals surface area contributed by atoms with E-state index in [1.807, 2.05) is 60.7 Å². The van der Waals surface area contributed by atoms with Gasteiger partial charge < -0.3 is 10.1 Å².